The molecule has 2 N–H and O–H groups in total. The highest BCUT2D eigenvalue weighted by Crippen LogP contribution is 2.15. The lowest BCUT2D eigenvalue weighted by Crippen LogP contribution is -2.37. The van der Waals surface area contributed by atoms with Crippen molar-refractivity contribution >= 4 is 29.9 Å². The Hall–Kier alpha value is -1.65. The van der Waals surface area contributed by atoms with Crippen LogP contribution in [0.4, 0.5) is 0 Å². The van der Waals surface area contributed by atoms with Crippen LogP contribution >= 0.6 is 24.0 Å². The van der Waals surface area contributed by atoms with E-state index >= 15 is 0 Å². The number of rotatable bonds is 9. The monoisotopic (exact) mass is 461 g/mol. The molecule has 0 saturated heterocycles. The van der Waals surface area contributed by atoms with E-state index in [2.05, 4.69) is 44.8 Å². The molecule has 0 aliphatic carbocycles. The summed E-state index contributed by atoms with van der Waals surface area (Å²) in [7, 11) is 1.78. The fourth-order valence-corrected chi connectivity index (χ4v) is 2.49. The Kier molecular flexibility index (Phi) is 10.1. The van der Waals surface area contributed by atoms with Crippen molar-refractivity contribution in [3.63, 3.8) is 0 Å². The number of hydrogen-bond donors (Lipinski definition) is 2. The van der Waals surface area contributed by atoms with Crippen LogP contribution in [0.15, 0.2) is 22.2 Å². The van der Waals surface area contributed by atoms with Crippen LogP contribution in [0.25, 0.3) is 0 Å². The molecule has 0 aliphatic rings. The number of aryl methyl sites for hydroxylation is 3. The lowest BCUT2D eigenvalue weighted by Gasteiger charge is -2.12. The first kappa shape index (κ1) is 21.4. The predicted octanol–water partition coefficient (Wildman–Crippen LogP) is 2.15. The van der Waals surface area contributed by atoms with E-state index in [9.17, 15) is 0 Å². The van der Waals surface area contributed by atoms with Crippen molar-refractivity contribution in [2.75, 3.05) is 13.6 Å². The first-order valence-electron chi connectivity index (χ1n) is 8.51. The van der Waals surface area contributed by atoms with Crippen LogP contribution in [0, 0.1) is 0 Å². The molecule has 140 valence electrons. The van der Waals surface area contributed by atoms with Gasteiger partial charge in [-0.2, -0.15) is 0 Å². The minimum atomic E-state index is 0. The first-order valence-corrected chi connectivity index (χ1v) is 8.51. The summed E-state index contributed by atoms with van der Waals surface area (Å²) in [6.07, 6.45) is 7.31. The van der Waals surface area contributed by atoms with Crippen molar-refractivity contribution in [1.29, 1.82) is 0 Å². The minimum absolute atomic E-state index is 0. The zero-order chi connectivity index (χ0) is 17.2. The SMILES string of the molecule is CCc1noc(CC)c1CNC(=NC)NCCCCn1cnnc1.I. The molecule has 0 amide bonds. The maximum Gasteiger partial charge on any atom is 0.191 e. The highest BCUT2D eigenvalue weighted by molar-refractivity contribution is 14.0. The molecule has 2 aromatic rings. The summed E-state index contributed by atoms with van der Waals surface area (Å²) in [5.74, 6) is 1.74. The fourth-order valence-electron chi connectivity index (χ4n) is 2.49. The third-order valence-electron chi connectivity index (χ3n) is 3.87. The van der Waals surface area contributed by atoms with Crippen molar-refractivity contribution in [3.8, 4) is 0 Å². The molecule has 2 heterocycles. The third-order valence-corrected chi connectivity index (χ3v) is 3.87. The summed E-state index contributed by atoms with van der Waals surface area (Å²) in [5.41, 5.74) is 2.17. The van der Waals surface area contributed by atoms with Crippen LogP contribution in [0.1, 0.15) is 43.7 Å². The summed E-state index contributed by atoms with van der Waals surface area (Å²) in [6, 6.07) is 0. The number of aliphatic imine (C=N–C) groups is 1. The second kappa shape index (κ2) is 11.8. The molecule has 25 heavy (non-hydrogen) atoms. The lowest BCUT2D eigenvalue weighted by atomic mass is 10.1. The average Bonchev–Trinajstić information content (AvgIpc) is 3.26. The van der Waals surface area contributed by atoms with Gasteiger partial charge < -0.3 is 19.7 Å². The van der Waals surface area contributed by atoms with Crippen molar-refractivity contribution < 1.29 is 4.52 Å². The van der Waals surface area contributed by atoms with Crippen LogP contribution in [0.3, 0.4) is 0 Å². The number of hydrogen-bond acceptors (Lipinski definition) is 5. The van der Waals surface area contributed by atoms with Crippen LogP contribution in [-0.2, 0) is 25.9 Å². The Morgan fingerprint density at radius 2 is 1.92 bits per heavy atom. The predicted molar refractivity (Wildman–Crippen MR) is 108 cm³/mol. The van der Waals surface area contributed by atoms with E-state index in [-0.39, 0.29) is 24.0 Å². The molecule has 0 aliphatic heterocycles. The van der Waals surface area contributed by atoms with Gasteiger partial charge in [0.2, 0.25) is 0 Å². The molecule has 0 bridgehead atoms. The molecule has 2 rings (SSSR count). The van der Waals surface area contributed by atoms with Gasteiger partial charge in [0.15, 0.2) is 5.96 Å². The van der Waals surface area contributed by atoms with E-state index in [0.29, 0.717) is 6.54 Å². The number of nitrogens with zero attached hydrogens (tertiary/aromatic N) is 5. The Morgan fingerprint density at radius 1 is 1.16 bits per heavy atom. The zero-order valence-corrected chi connectivity index (χ0v) is 17.5. The number of unbranched alkanes of at least 4 members (excludes halogenated alkanes) is 1. The quantitative estimate of drug-likeness (QED) is 0.257. The molecule has 8 nitrogen and oxygen atoms in total. The Bertz CT molecular complexity index is 603. The minimum Gasteiger partial charge on any atom is -0.361 e. The van der Waals surface area contributed by atoms with Crippen molar-refractivity contribution in [1.82, 2.24) is 30.6 Å². The van der Waals surface area contributed by atoms with E-state index in [1.54, 1.807) is 19.7 Å². The van der Waals surface area contributed by atoms with Crippen LogP contribution < -0.4 is 10.6 Å². The van der Waals surface area contributed by atoms with E-state index in [0.717, 1.165) is 61.7 Å². The molecular formula is C16H28IN7O. The molecule has 0 saturated carbocycles. The van der Waals surface area contributed by atoms with Gasteiger partial charge in [-0.3, -0.25) is 4.99 Å². The van der Waals surface area contributed by atoms with Gasteiger partial charge in [-0.25, -0.2) is 0 Å². The van der Waals surface area contributed by atoms with Crippen LogP contribution in [0.5, 0.6) is 0 Å². The summed E-state index contributed by atoms with van der Waals surface area (Å²) < 4.78 is 7.37. The van der Waals surface area contributed by atoms with Gasteiger partial charge in [0.1, 0.15) is 18.4 Å². The largest absolute Gasteiger partial charge is 0.361 e. The number of guanidine groups is 1. The maximum absolute atomic E-state index is 5.39. The standard InChI is InChI=1S/C16H27N7O.HI/c1-4-14-13(15(5-2)24-22-14)10-19-16(17-3)18-8-6-7-9-23-11-20-21-12-23;/h11-12H,4-10H2,1-3H3,(H2,17,18,19);1H. The van der Waals surface area contributed by atoms with E-state index < -0.39 is 0 Å². The van der Waals surface area contributed by atoms with Gasteiger partial charge in [-0.15, -0.1) is 34.2 Å². The lowest BCUT2D eigenvalue weighted by molar-refractivity contribution is 0.380. The second-order valence-electron chi connectivity index (χ2n) is 5.50. The van der Waals surface area contributed by atoms with Crippen molar-refractivity contribution in [3.05, 3.63) is 29.7 Å². The second-order valence-corrected chi connectivity index (χ2v) is 5.50. The molecule has 0 aromatic carbocycles. The van der Waals surface area contributed by atoms with E-state index in [1.807, 2.05) is 4.57 Å². The Balaban J connectivity index is 0.00000312. The highest BCUT2D eigenvalue weighted by atomic mass is 127. The van der Waals surface area contributed by atoms with E-state index in [1.165, 1.54) is 0 Å². The molecule has 2 aromatic heterocycles. The Labute approximate surface area is 165 Å². The fraction of sp³-hybridized carbons (Fsp3) is 0.625. The van der Waals surface area contributed by atoms with Gasteiger partial charge in [0, 0.05) is 38.7 Å². The van der Waals surface area contributed by atoms with Gasteiger partial charge in [-0.05, 0) is 19.3 Å². The van der Waals surface area contributed by atoms with Gasteiger partial charge >= 0.3 is 0 Å². The first-order chi connectivity index (χ1) is 11.8. The summed E-state index contributed by atoms with van der Waals surface area (Å²) in [4.78, 5) is 4.26. The zero-order valence-electron chi connectivity index (χ0n) is 15.2. The topological polar surface area (TPSA) is 93.2 Å². The van der Waals surface area contributed by atoms with Gasteiger partial charge in [0.05, 0.1) is 5.69 Å². The molecule has 0 spiro atoms. The molecule has 9 heteroatoms. The van der Waals surface area contributed by atoms with Crippen LogP contribution in [-0.4, -0.2) is 39.5 Å². The number of halogens is 1. The smallest absolute Gasteiger partial charge is 0.191 e. The number of aromatic nitrogens is 4. The van der Waals surface area contributed by atoms with E-state index in [4.69, 9.17) is 4.52 Å². The summed E-state index contributed by atoms with van der Waals surface area (Å²) in [6.45, 7) is 6.64. The molecule has 0 atom stereocenters. The molecule has 0 fully saturated rings. The maximum atomic E-state index is 5.39. The normalized spacial score (nSPS) is 11.2. The summed E-state index contributed by atoms with van der Waals surface area (Å²) >= 11 is 0. The van der Waals surface area contributed by atoms with Crippen LogP contribution in [0.2, 0.25) is 0 Å². The number of nitrogens with one attached hydrogen (secondary N) is 2. The molecular weight excluding hydrogens is 433 g/mol. The van der Waals surface area contributed by atoms with Gasteiger partial charge in [0.25, 0.3) is 0 Å². The highest BCUT2D eigenvalue weighted by Gasteiger charge is 2.13. The summed E-state index contributed by atoms with van der Waals surface area (Å²) in [5, 5.41) is 18.4. The molecule has 0 unspecified atom stereocenters. The molecule has 0 radical (unpaired) electrons. The average molecular weight is 461 g/mol. The third kappa shape index (κ3) is 6.63. The van der Waals surface area contributed by atoms with Crippen molar-refractivity contribution in [2.45, 2.75) is 52.6 Å². The van der Waals surface area contributed by atoms with Crippen molar-refractivity contribution in [2.24, 2.45) is 4.99 Å². The Morgan fingerprint density at radius 3 is 2.56 bits per heavy atom. The van der Waals surface area contributed by atoms with Gasteiger partial charge in [-0.1, -0.05) is 19.0 Å².